The predicted octanol–water partition coefficient (Wildman–Crippen LogP) is 2.78. The molecule has 2 aliphatic rings. The highest BCUT2D eigenvalue weighted by molar-refractivity contribution is 5.95. The summed E-state index contributed by atoms with van der Waals surface area (Å²) < 4.78 is 7.62. The number of hydrogen-bond acceptors (Lipinski definition) is 5. The lowest BCUT2D eigenvalue weighted by atomic mass is 9.94. The molecule has 0 radical (unpaired) electrons. The Kier molecular flexibility index (Phi) is 5.64. The Morgan fingerprint density at radius 2 is 1.94 bits per heavy atom. The summed E-state index contributed by atoms with van der Waals surface area (Å²) in [6, 6.07) is 15.4. The molecule has 0 spiro atoms. The van der Waals surface area contributed by atoms with Crippen molar-refractivity contribution >= 4 is 22.8 Å². The van der Waals surface area contributed by atoms with E-state index in [1.54, 1.807) is 5.48 Å². The summed E-state index contributed by atoms with van der Waals surface area (Å²) in [6.07, 6.45) is 2.81. The summed E-state index contributed by atoms with van der Waals surface area (Å²) in [5.74, 6) is -0.298. The average Bonchev–Trinajstić information content (AvgIpc) is 3.49. The molecule has 2 fully saturated rings. The number of amides is 2. The first-order valence-corrected chi connectivity index (χ1v) is 11.4. The monoisotopic (exact) mass is 448 g/mol. The van der Waals surface area contributed by atoms with Crippen LogP contribution in [0.2, 0.25) is 0 Å². The van der Waals surface area contributed by atoms with Crippen LogP contribution in [0.3, 0.4) is 0 Å². The molecule has 2 aromatic carbocycles. The molecule has 3 aromatic rings. The number of nitrogens with one attached hydrogen (secondary N) is 2. The van der Waals surface area contributed by atoms with Gasteiger partial charge in [-0.15, -0.1) is 0 Å². The number of aromatic nitrogens is 2. The van der Waals surface area contributed by atoms with Gasteiger partial charge in [0.2, 0.25) is 0 Å². The number of hydroxylamine groups is 1. The number of nitrogens with zero attached hydrogens (tertiary/aromatic N) is 2. The number of para-hydroxylation sites is 2. The van der Waals surface area contributed by atoms with Crippen molar-refractivity contribution in [3.63, 3.8) is 0 Å². The van der Waals surface area contributed by atoms with Crippen LogP contribution in [0.15, 0.2) is 48.5 Å². The first-order valence-electron chi connectivity index (χ1n) is 11.4. The third-order valence-corrected chi connectivity index (χ3v) is 6.87. The van der Waals surface area contributed by atoms with E-state index in [2.05, 4.69) is 28.9 Å². The molecule has 2 amide bonds. The lowest BCUT2D eigenvalue weighted by Crippen LogP contribution is -2.51. The van der Waals surface area contributed by atoms with Crippen molar-refractivity contribution in [2.24, 2.45) is 5.92 Å². The zero-order valence-corrected chi connectivity index (χ0v) is 18.6. The molecular weight excluding hydrogens is 420 g/mol. The molecule has 1 aliphatic heterocycles. The van der Waals surface area contributed by atoms with Gasteiger partial charge in [0.15, 0.2) is 0 Å². The van der Waals surface area contributed by atoms with Gasteiger partial charge in [-0.25, -0.2) is 10.5 Å². The fourth-order valence-corrected chi connectivity index (χ4v) is 4.56. The molecule has 1 saturated heterocycles. The minimum atomic E-state index is -0.622. The molecule has 2 heterocycles. The Labute approximate surface area is 191 Å². The van der Waals surface area contributed by atoms with Gasteiger partial charge in [0, 0.05) is 30.2 Å². The molecule has 1 aliphatic carbocycles. The van der Waals surface area contributed by atoms with Crippen molar-refractivity contribution < 1.29 is 19.5 Å². The molecule has 2 atom stereocenters. The fraction of sp³-hybridized carbons (Fsp3) is 0.400. The van der Waals surface area contributed by atoms with Crippen LogP contribution in [0.25, 0.3) is 11.0 Å². The maximum atomic E-state index is 12.8. The topological polar surface area (TPSA) is 105 Å². The summed E-state index contributed by atoms with van der Waals surface area (Å²) in [7, 11) is 0. The van der Waals surface area contributed by atoms with E-state index >= 15 is 0 Å². The third-order valence-electron chi connectivity index (χ3n) is 6.87. The zero-order chi connectivity index (χ0) is 23.0. The van der Waals surface area contributed by atoms with Crippen LogP contribution < -0.4 is 10.8 Å². The predicted molar refractivity (Wildman–Crippen MR) is 122 cm³/mol. The third kappa shape index (κ3) is 4.24. The normalized spacial score (nSPS) is 21.5. The van der Waals surface area contributed by atoms with Crippen LogP contribution in [-0.2, 0) is 21.5 Å². The van der Waals surface area contributed by atoms with E-state index in [-0.39, 0.29) is 17.9 Å². The van der Waals surface area contributed by atoms with Crippen molar-refractivity contribution in [1.29, 1.82) is 0 Å². The number of hydrogen-bond donors (Lipinski definition) is 3. The summed E-state index contributed by atoms with van der Waals surface area (Å²) in [5.41, 5.74) is 5.54. The standard InChI is InChI=1S/C25H28N4O4/c1-25(11-12-25)24-27-20-4-2-3-5-21(20)29(24)14-16-6-8-17(9-7-16)22(30)26-19-10-13-33-15-18(19)23(31)28-32/h2-9,18-19,32H,10-15H2,1H3,(H,26,30)(H,28,31)/t18-,19+/m0/s1. The summed E-state index contributed by atoms with van der Waals surface area (Å²) in [5, 5.41) is 11.9. The van der Waals surface area contributed by atoms with Crippen LogP contribution in [0.4, 0.5) is 0 Å². The minimum Gasteiger partial charge on any atom is -0.380 e. The Morgan fingerprint density at radius 3 is 2.67 bits per heavy atom. The Bertz CT molecular complexity index is 1180. The lowest BCUT2D eigenvalue weighted by molar-refractivity contribution is -0.138. The van der Waals surface area contributed by atoms with Crippen molar-refractivity contribution in [2.75, 3.05) is 13.2 Å². The van der Waals surface area contributed by atoms with Crippen molar-refractivity contribution in [3.8, 4) is 0 Å². The van der Waals surface area contributed by atoms with Gasteiger partial charge in [0.05, 0.1) is 23.6 Å². The number of fused-ring (bicyclic) bond motifs is 1. The van der Waals surface area contributed by atoms with Gasteiger partial charge < -0.3 is 14.6 Å². The summed E-state index contributed by atoms with van der Waals surface area (Å²) >= 11 is 0. The second kappa shape index (κ2) is 8.61. The zero-order valence-electron chi connectivity index (χ0n) is 18.6. The van der Waals surface area contributed by atoms with E-state index in [0.717, 1.165) is 35.3 Å². The number of ether oxygens (including phenoxy) is 1. The molecule has 8 heteroatoms. The van der Waals surface area contributed by atoms with E-state index in [1.165, 1.54) is 0 Å². The second-order valence-corrected chi connectivity index (χ2v) is 9.29. The van der Waals surface area contributed by atoms with E-state index in [1.807, 2.05) is 36.4 Å². The first-order chi connectivity index (χ1) is 16.0. The summed E-state index contributed by atoms with van der Waals surface area (Å²) in [4.78, 5) is 29.6. The number of benzene rings is 2. The Balaban J connectivity index is 1.32. The number of carbonyl (C=O) groups excluding carboxylic acids is 2. The molecular formula is C25H28N4O4. The molecule has 5 rings (SSSR count). The molecule has 0 bridgehead atoms. The molecule has 1 aromatic heterocycles. The number of carbonyl (C=O) groups is 2. The largest absolute Gasteiger partial charge is 0.380 e. The van der Waals surface area contributed by atoms with Gasteiger partial charge in [-0.1, -0.05) is 31.2 Å². The van der Waals surface area contributed by atoms with Crippen molar-refractivity contribution in [3.05, 3.63) is 65.5 Å². The van der Waals surface area contributed by atoms with Crippen molar-refractivity contribution in [2.45, 2.75) is 44.2 Å². The van der Waals surface area contributed by atoms with Gasteiger partial charge in [0.1, 0.15) is 5.82 Å². The highest BCUT2D eigenvalue weighted by Gasteiger charge is 2.43. The van der Waals surface area contributed by atoms with Crippen LogP contribution in [-0.4, -0.2) is 45.8 Å². The molecule has 172 valence electrons. The highest BCUT2D eigenvalue weighted by atomic mass is 16.5. The van der Waals surface area contributed by atoms with Gasteiger partial charge in [-0.2, -0.15) is 0 Å². The van der Waals surface area contributed by atoms with Crippen LogP contribution in [0, 0.1) is 5.92 Å². The van der Waals surface area contributed by atoms with E-state index in [9.17, 15) is 9.59 Å². The highest BCUT2D eigenvalue weighted by Crippen LogP contribution is 2.47. The molecule has 8 nitrogen and oxygen atoms in total. The van der Waals surface area contributed by atoms with Crippen LogP contribution >= 0.6 is 0 Å². The van der Waals surface area contributed by atoms with E-state index in [4.69, 9.17) is 14.9 Å². The van der Waals surface area contributed by atoms with Crippen LogP contribution in [0.1, 0.15) is 47.9 Å². The second-order valence-electron chi connectivity index (χ2n) is 9.29. The molecule has 1 saturated carbocycles. The minimum absolute atomic E-state index is 0.139. The van der Waals surface area contributed by atoms with Crippen LogP contribution in [0.5, 0.6) is 0 Å². The molecule has 33 heavy (non-hydrogen) atoms. The fourth-order valence-electron chi connectivity index (χ4n) is 4.56. The van der Waals surface area contributed by atoms with Gasteiger partial charge in [0.25, 0.3) is 11.8 Å². The average molecular weight is 449 g/mol. The maximum absolute atomic E-state index is 12.8. The number of imidazole rings is 1. The van der Waals surface area contributed by atoms with E-state index in [0.29, 0.717) is 25.1 Å². The smallest absolute Gasteiger partial charge is 0.251 e. The Hall–Kier alpha value is -3.23. The summed E-state index contributed by atoms with van der Waals surface area (Å²) in [6.45, 7) is 3.57. The molecule has 0 unspecified atom stereocenters. The van der Waals surface area contributed by atoms with Gasteiger partial charge >= 0.3 is 0 Å². The van der Waals surface area contributed by atoms with Gasteiger partial charge in [-0.05, 0) is 49.1 Å². The van der Waals surface area contributed by atoms with Gasteiger partial charge in [-0.3, -0.25) is 14.8 Å². The van der Waals surface area contributed by atoms with E-state index < -0.39 is 17.9 Å². The Morgan fingerprint density at radius 1 is 1.18 bits per heavy atom. The lowest BCUT2D eigenvalue weighted by Gasteiger charge is -2.30. The number of rotatable bonds is 6. The maximum Gasteiger partial charge on any atom is 0.251 e. The quantitative estimate of drug-likeness (QED) is 0.397. The molecule has 3 N–H and O–H groups in total. The SMILES string of the molecule is CC1(c2nc3ccccc3n2Cc2ccc(C(=O)N[C@@H]3CCOC[C@@H]3C(=O)NO)cc2)CC1. The van der Waals surface area contributed by atoms with Crippen molar-refractivity contribution in [1.82, 2.24) is 20.3 Å². The first kappa shape index (κ1) is 21.6.